The van der Waals surface area contributed by atoms with Gasteiger partial charge in [0, 0.05) is 12.8 Å². The van der Waals surface area contributed by atoms with Gasteiger partial charge >= 0.3 is 19.8 Å². The fraction of sp³-hybridized carbons (Fsp3) is 0.864. The van der Waals surface area contributed by atoms with Gasteiger partial charge in [-0.1, -0.05) is 160 Å². The second-order valence-corrected chi connectivity index (χ2v) is 16.5. The average Bonchev–Trinajstić information content (AvgIpc) is 3.17. The summed E-state index contributed by atoms with van der Waals surface area (Å²) in [5, 5.41) is 18.3. The summed E-state index contributed by atoms with van der Waals surface area (Å²) in [6.45, 7) is 2.34. The molecule has 0 saturated carbocycles. The van der Waals surface area contributed by atoms with E-state index in [0.717, 1.165) is 57.8 Å². The predicted molar refractivity (Wildman–Crippen MR) is 224 cm³/mol. The van der Waals surface area contributed by atoms with Crippen molar-refractivity contribution in [3.63, 3.8) is 0 Å². The van der Waals surface area contributed by atoms with E-state index in [1.807, 2.05) is 0 Å². The van der Waals surface area contributed by atoms with Crippen LogP contribution < -0.4 is 0 Å². The molecule has 0 aliphatic heterocycles. The van der Waals surface area contributed by atoms with E-state index in [1.165, 1.54) is 109 Å². The van der Waals surface area contributed by atoms with Gasteiger partial charge in [0.2, 0.25) is 0 Å². The first-order chi connectivity index (χ1) is 26.7. The van der Waals surface area contributed by atoms with E-state index < -0.39 is 51.8 Å². The van der Waals surface area contributed by atoms with E-state index in [2.05, 4.69) is 42.7 Å². The predicted octanol–water partition coefficient (Wildman–Crippen LogP) is 11.8. The van der Waals surface area contributed by atoms with Crippen molar-refractivity contribution in [3.05, 3.63) is 24.3 Å². The summed E-state index contributed by atoms with van der Waals surface area (Å²) in [4.78, 5) is 34.9. The molecule has 3 atom stereocenters. The second-order valence-electron chi connectivity index (χ2n) is 15.1. The van der Waals surface area contributed by atoms with Crippen LogP contribution in [0.3, 0.4) is 0 Å². The van der Waals surface area contributed by atoms with E-state index in [9.17, 15) is 24.2 Å². The van der Waals surface area contributed by atoms with Gasteiger partial charge in [-0.15, -0.1) is 0 Å². The smallest absolute Gasteiger partial charge is 0.462 e. The lowest BCUT2D eigenvalue weighted by Gasteiger charge is -2.20. The quantitative estimate of drug-likeness (QED) is 0.0236. The second kappa shape index (κ2) is 40.6. The Morgan fingerprint density at radius 2 is 0.909 bits per heavy atom. The lowest BCUT2D eigenvalue weighted by molar-refractivity contribution is -0.161. The number of phosphoric ester groups is 1. The molecule has 0 rings (SSSR count). The van der Waals surface area contributed by atoms with Gasteiger partial charge < -0.3 is 24.6 Å². The number of phosphoric acid groups is 1. The minimum atomic E-state index is -4.61. The van der Waals surface area contributed by atoms with Crippen LogP contribution in [0.1, 0.15) is 206 Å². The highest BCUT2D eigenvalue weighted by Crippen LogP contribution is 2.43. The molecule has 0 radical (unpaired) electrons. The number of hydrogen-bond acceptors (Lipinski definition) is 9. The minimum absolute atomic E-state index is 0.175. The number of aliphatic hydroxyl groups is 2. The standard InChI is InChI=1S/C44H83O10P/c1-3-5-7-9-11-13-15-16-17-18-19-20-21-22-23-24-26-27-29-31-33-35-43(47)51-39-42(40-53-55(49,50)52-38-41(46)37-45)54-44(48)36-34-32-30-28-25-14-12-10-8-6-4-2/h10,12,16-17,41-42,45-46H,3-9,11,13-15,18-40H2,1-2H3,(H,49,50)/b12-10+,17-16+/t41-,42+/m1/s1. The number of hydrogen-bond donors (Lipinski definition) is 3. The fourth-order valence-corrected chi connectivity index (χ4v) is 6.88. The number of aliphatic hydroxyl groups excluding tert-OH is 2. The number of carbonyl (C=O) groups is 2. The summed E-state index contributed by atoms with van der Waals surface area (Å²) in [7, 11) is -4.61. The van der Waals surface area contributed by atoms with Gasteiger partial charge in [0.25, 0.3) is 0 Å². The third-order valence-corrected chi connectivity index (χ3v) is 10.5. The zero-order valence-electron chi connectivity index (χ0n) is 35.2. The number of ether oxygens (including phenoxy) is 2. The Hall–Kier alpha value is -1.55. The maximum absolute atomic E-state index is 12.6. The van der Waals surface area contributed by atoms with Crippen LogP contribution in [-0.2, 0) is 32.7 Å². The maximum atomic E-state index is 12.6. The highest BCUT2D eigenvalue weighted by molar-refractivity contribution is 7.47. The molecule has 55 heavy (non-hydrogen) atoms. The first-order valence-electron chi connectivity index (χ1n) is 22.3. The molecule has 0 aromatic heterocycles. The summed E-state index contributed by atoms with van der Waals surface area (Å²) in [5.41, 5.74) is 0. The van der Waals surface area contributed by atoms with Crippen LogP contribution in [0.15, 0.2) is 24.3 Å². The largest absolute Gasteiger partial charge is 0.472 e. The van der Waals surface area contributed by atoms with Crippen molar-refractivity contribution in [1.82, 2.24) is 0 Å². The van der Waals surface area contributed by atoms with Crippen LogP contribution >= 0.6 is 7.82 Å². The highest BCUT2D eigenvalue weighted by Gasteiger charge is 2.27. The fourth-order valence-electron chi connectivity index (χ4n) is 6.09. The van der Waals surface area contributed by atoms with Crippen LogP contribution in [0.2, 0.25) is 0 Å². The van der Waals surface area contributed by atoms with Crippen molar-refractivity contribution in [2.24, 2.45) is 0 Å². The summed E-state index contributed by atoms with van der Waals surface area (Å²) in [5.74, 6) is -0.932. The summed E-state index contributed by atoms with van der Waals surface area (Å²) in [6, 6.07) is 0. The number of carbonyl (C=O) groups excluding carboxylic acids is 2. The van der Waals surface area contributed by atoms with Gasteiger partial charge in [0.1, 0.15) is 12.7 Å². The molecule has 0 amide bonds. The van der Waals surface area contributed by atoms with Gasteiger partial charge in [-0.3, -0.25) is 18.6 Å². The topological polar surface area (TPSA) is 149 Å². The van der Waals surface area contributed by atoms with Crippen LogP contribution in [0, 0.1) is 0 Å². The van der Waals surface area contributed by atoms with Gasteiger partial charge in [-0.05, 0) is 57.8 Å². The van der Waals surface area contributed by atoms with E-state index in [0.29, 0.717) is 12.8 Å². The zero-order valence-corrected chi connectivity index (χ0v) is 36.0. The highest BCUT2D eigenvalue weighted by atomic mass is 31.2. The molecule has 0 aliphatic carbocycles. The monoisotopic (exact) mass is 803 g/mol. The molecule has 0 aliphatic rings. The zero-order chi connectivity index (χ0) is 40.5. The maximum Gasteiger partial charge on any atom is 0.472 e. The van der Waals surface area contributed by atoms with Crippen LogP contribution in [0.25, 0.3) is 0 Å². The molecular formula is C44H83O10P. The Morgan fingerprint density at radius 3 is 1.36 bits per heavy atom. The van der Waals surface area contributed by atoms with Crippen molar-refractivity contribution in [2.75, 3.05) is 26.4 Å². The first kappa shape index (κ1) is 53.5. The molecule has 0 bridgehead atoms. The Balaban J connectivity index is 4.17. The molecule has 0 aromatic carbocycles. The number of allylic oxidation sites excluding steroid dienone is 4. The van der Waals surface area contributed by atoms with E-state index >= 15 is 0 Å². The molecular weight excluding hydrogens is 719 g/mol. The average molecular weight is 803 g/mol. The molecule has 10 nitrogen and oxygen atoms in total. The molecule has 324 valence electrons. The molecule has 1 unspecified atom stereocenters. The molecule has 3 N–H and O–H groups in total. The van der Waals surface area contributed by atoms with Gasteiger partial charge in [-0.25, -0.2) is 4.57 Å². The first-order valence-corrected chi connectivity index (χ1v) is 23.8. The molecule has 0 fully saturated rings. The molecule has 11 heteroatoms. The molecule has 0 spiro atoms. The number of unbranched alkanes of at least 4 members (excludes halogenated alkanes) is 24. The van der Waals surface area contributed by atoms with Crippen molar-refractivity contribution in [2.45, 2.75) is 219 Å². The minimum Gasteiger partial charge on any atom is -0.462 e. The SMILES string of the molecule is CCCC/C=C/CCCCCCCC(=O)O[C@@H](COC(=O)CCCCCCCCCCCCC/C=C/CCCCCCCC)COP(=O)(O)OC[C@H](O)CO. The summed E-state index contributed by atoms with van der Waals surface area (Å²) < 4.78 is 32.7. The number of rotatable bonds is 42. The van der Waals surface area contributed by atoms with E-state index in [1.54, 1.807) is 0 Å². The Labute approximate surface area is 336 Å². The van der Waals surface area contributed by atoms with Gasteiger partial charge in [-0.2, -0.15) is 0 Å². The van der Waals surface area contributed by atoms with Gasteiger partial charge in [0.05, 0.1) is 19.8 Å². The van der Waals surface area contributed by atoms with Crippen LogP contribution in [0.4, 0.5) is 0 Å². The van der Waals surface area contributed by atoms with E-state index in [-0.39, 0.29) is 19.4 Å². The molecule has 0 saturated heterocycles. The number of esters is 2. The Kier molecular flexibility index (Phi) is 39.5. The molecule has 0 heterocycles. The third kappa shape index (κ3) is 40.4. The van der Waals surface area contributed by atoms with Crippen molar-refractivity contribution >= 4 is 19.8 Å². The lowest BCUT2D eigenvalue weighted by atomic mass is 10.0. The van der Waals surface area contributed by atoms with Gasteiger partial charge in [0.15, 0.2) is 6.10 Å². The van der Waals surface area contributed by atoms with Crippen LogP contribution in [-0.4, -0.2) is 65.7 Å². The lowest BCUT2D eigenvalue weighted by Crippen LogP contribution is -2.29. The third-order valence-electron chi connectivity index (χ3n) is 9.58. The Bertz CT molecular complexity index is 972. The Morgan fingerprint density at radius 1 is 0.527 bits per heavy atom. The van der Waals surface area contributed by atoms with Crippen molar-refractivity contribution in [1.29, 1.82) is 0 Å². The normalized spacial score (nSPS) is 14.1. The van der Waals surface area contributed by atoms with Crippen LogP contribution in [0.5, 0.6) is 0 Å². The molecule has 0 aromatic rings. The van der Waals surface area contributed by atoms with E-state index in [4.69, 9.17) is 19.1 Å². The van der Waals surface area contributed by atoms with Crippen molar-refractivity contribution in [3.8, 4) is 0 Å². The van der Waals surface area contributed by atoms with Crippen molar-refractivity contribution < 1.29 is 47.8 Å². The summed E-state index contributed by atoms with van der Waals surface area (Å²) in [6.07, 6.45) is 40.1. The summed E-state index contributed by atoms with van der Waals surface area (Å²) >= 11 is 0.